The Kier molecular flexibility index (Phi) is 6.94. The summed E-state index contributed by atoms with van der Waals surface area (Å²) < 4.78 is 5.07. The Morgan fingerprint density at radius 3 is 2.27 bits per heavy atom. The first kappa shape index (κ1) is 19.0. The summed E-state index contributed by atoms with van der Waals surface area (Å²) in [4.78, 5) is 11.5. The predicted octanol–water partition coefficient (Wildman–Crippen LogP) is 3.30. The number of carbonyl (C=O) groups is 1. The summed E-state index contributed by atoms with van der Waals surface area (Å²) in [6.07, 6.45) is -2.62. The molecular weight excluding hydrogens is 329 g/mol. The van der Waals surface area contributed by atoms with Crippen molar-refractivity contribution in [2.24, 2.45) is 0 Å². The zero-order chi connectivity index (χ0) is 16.9. The van der Waals surface area contributed by atoms with Gasteiger partial charge in [-0.25, -0.2) is 4.79 Å². The fraction of sp³-hybridized carbons (Fsp3) is 0.533. The van der Waals surface area contributed by atoms with Crippen molar-refractivity contribution >= 4 is 29.3 Å². The lowest BCUT2D eigenvalue weighted by Crippen LogP contribution is -2.34. The Hall–Kier alpha value is -1.01. The van der Waals surface area contributed by atoms with E-state index in [9.17, 15) is 15.0 Å². The molecule has 0 bridgehead atoms. The van der Waals surface area contributed by atoms with Gasteiger partial charge in [0.05, 0.1) is 6.10 Å². The van der Waals surface area contributed by atoms with Gasteiger partial charge in [0.25, 0.3) is 0 Å². The van der Waals surface area contributed by atoms with Gasteiger partial charge in [0.1, 0.15) is 11.7 Å². The standard InChI is InChI=1S/C15H21Cl2NO4/c1-15(2,3)22-14(21)18-5-4-12(19)13(20)9-6-10(16)8-11(17)7-9/h6-8,12-13,19-20H,4-5H2,1-3H3,(H,18,21). The Bertz CT molecular complexity index is 497. The SMILES string of the molecule is CC(C)(C)OC(=O)NCCC(O)C(O)c1cc(Cl)cc(Cl)c1. The average molecular weight is 350 g/mol. The molecule has 2 unspecified atom stereocenters. The number of hydrogen-bond donors (Lipinski definition) is 3. The molecule has 0 saturated heterocycles. The number of aliphatic hydroxyl groups is 2. The highest BCUT2D eigenvalue weighted by molar-refractivity contribution is 6.34. The molecule has 7 heteroatoms. The molecule has 0 spiro atoms. The van der Waals surface area contributed by atoms with Gasteiger partial charge in [0.15, 0.2) is 0 Å². The van der Waals surface area contributed by atoms with E-state index < -0.39 is 23.9 Å². The second-order valence-electron chi connectivity index (χ2n) is 5.93. The van der Waals surface area contributed by atoms with E-state index >= 15 is 0 Å². The molecule has 22 heavy (non-hydrogen) atoms. The van der Waals surface area contributed by atoms with Gasteiger partial charge in [0.2, 0.25) is 0 Å². The van der Waals surface area contributed by atoms with Crippen molar-refractivity contribution < 1.29 is 19.7 Å². The maximum atomic E-state index is 11.5. The number of benzene rings is 1. The quantitative estimate of drug-likeness (QED) is 0.761. The number of aliphatic hydroxyl groups excluding tert-OH is 2. The van der Waals surface area contributed by atoms with Crippen LogP contribution in [-0.2, 0) is 4.74 Å². The van der Waals surface area contributed by atoms with Crippen LogP contribution in [0, 0.1) is 0 Å². The van der Waals surface area contributed by atoms with E-state index in [-0.39, 0.29) is 13.0 Å². The summed E-state index contributed by atoms with van der Waals surface area (Å²) in [7, 11) is 0. The van der Waals surface area contributed by atoms with Crippen molar-refractivity contribution in [1.29, 1.82) is 0 Å². The third-order valence-corrected chi connectivity index (χ3v) is 3.14. The summed E-state index contributed by atoms with van der Waals surface area (Å²) in [5.74, 6) is 0. The van der Waals surface area contributed by atoms with Crippen molar-refractivity contribution in [2.45, 2.75) is 45.0 Å². The normalized spacial score (nSPS) is 14.3. The van der Waals surface area contributed by atoms with Crippen LogP contribution in [0.15, 0.2) is 18.2 Å². The summed E-state index contributed by atoms with van der Waals surface area (Å²) in [5.41, 5.74) is -0.165. The van der Waals surface area contributed by atoms with Crippen LogP contribution in [0.25, 0.3) is 0 Å². The lowest BCUT2D eigenvalue weighted by molar-refractivity contribution is 0.0123. The molecular formula is C15H21Cl2NO4. The third-order valence-electron chi connectivity index (χ3n) is 2.70. The largest absolute Gasteiger partial charge is 0.444 e. The van der Waals surface area contributed by atoms with E-state index in [1.54, 1.807) is 20.8 Å². The van der Waals surface area contributed by atoms with E-state index in [1.807, 2.05) is 0 Å². The molecule has 0 fully saturated rings. The van der Waals surface area contributed by atoms with Gasteiger partial charge in [-0.1, -0.05) is 23.2 Å². The molecule has 124 valence electrons. The van der Waals surface area contributed by atoms with E-state index in [0.717, 1.165) is 0 Å². The Balaban J connectivity index is 2.48. The first-order valence-electron chi connectivity index (χ1n) is 6.87. The zero-order valence-electron chi connectivity index (χ0n) is 12.8. The number of nitrogens with one attached hydrogen (secondary N) is 1. The van der Waals surface area contributed by atoms with E-state index in [1.165, 1.54) is 18.2 Å². The fourth-order valence-electron chi connectivity index (χ4n) is 1.76. The number of amides is 1. The minimum atomic E-state index is -1.14. The fourth-order valence-corrected chi connectivity index (χ4v) is 2.31. The van der Waals surface area contributed by atoms with Crippen molar-refractivity contribution in [3.05, 3.63) is 33.8 Å². The van der Waals surface area contributed by atoms with Gasteiger partial charge in [-0.3, -0.25) is 0 Å². The highest BCUT2D eigenvalue weighted by Crippen LogP contribution is 2.26. The molecule has 5 nitrogen and oxygen atoms in total. The third kappa shape index (κ3) is 6.83. The summed E-state index contributed by atoms with van der Waals surface area (Å²) in [6.45, 7) is 5.44. The molecule has 0 aliphatic carbocycles. The lowest BCUT2D eigenvalue weighted by atomic mass is 10.0. The van der Waals surface area contributed by atoms with E-state index in [4.69, 9.17) is 27.9 Å². The first-order chi connectivity index (χ1) is 10.1. The molecule has 0 aliphatic rings. The maximum absolute atomic E-state index is 11.5. The molecule has 2 atom stereocenters. The minimum Gasteiger partial charge on any atom is -0.444 e. The number of rotatable bonds is 5. The topological polar surface area (TPSA) is 78.8 Å². The van der Waals surface area contributed by atoms with Crippen LogP contribution < -0.4 is 5.32 Å². The predicted molar refractivity (Wildman–Crippen MR) is 86.3 cm³/mol. The van der Waals surface area contributed by atoms with E-state index in [0.29, 0.717) is 15.6 Å². The molecule has 1 aromatic rings. The molecule has 1 aromatic carbocycles. The number of ether oxygens (including phenoxy) is 1. The smallest absolute Gasteiger partial charge is 0.407 e. The summed E-state index contributed by atoms with van der Waals surface area (Å²) in [6, 6.07) is 4.60. The molecule has 1 amide bonds. The van der Waals surface area contributed by atoms with Gasteiger partial charge < -0.3 is 20.3 Å². The summed E-state index contributed by atoms with van der Waals surface area (Å²) >= 11 is 11.7. The van der Waals surface area contributed by atoms with Gasteiger partial charge in [-0.2, -0.15) is 0 Å². The molecule has 0 saturated carbocycles. The van der Waals surface area contributed by atoms with Crippen molar-refractivity contribution in [3.63, 3.8) is 0 Å². The Labute approximate surface area is 140 Å². The molecule has 0 aliphatic heterocycles. The Morgan fingerprint density at radius 1 is 1.23 bits per heavy atom. The van der Waals surface area contributed by atoms with Crippen LogP contribution in [0.2, 0.25) is 10.0 Å². The highest BCUT2D eigenvalue weighted by Gasteiger charge is 2.20. The number of hydrogen-bond acceptors (Lipinski definition) is 4. The van der Waals surface area contributed by atoms with Crippen LogP contribution in [-0.4, -0.2) is 34.6 Å². The van der Waals surface area contributed by atoms with Crippen molar-refractivity contribution in [3.8, 4) is 0 Å². The monoisotopic (exact) mass is 349 g/mol. The average Bonchev–Trinajstić information content (AvgIpc) is 2.34. The Morgan fingerprint density at radius 2 is 1.77 bits per heavy atom. The number of alkyl carbamates (subject to hydrolysis) is 1. The van der Waals surface area contributed by atoms with Crippen LogP contribution in [0.3, 0.4) is 0 Å². The van der Waals surface area contributed by atoms with Gasteiger partial charge >= 0.3 is 6.09 Å². The number of halogens is 2. The van der Waals surface area contributed by atoms with Crippen LogP contribution in [0.1, 0.15) is 38.9 Å². The van der Waals surface area contributed by atoms with Crippen molar-refractivity contribution in [1.82, 2.24) is 5.32 Å². The second-order valence-corrected chi connectivity index (χ2v) is 6.81. The lowest BCUT2D eigenvalue weighted by Gasteiger charge is -2.21. The second kappa shape index (κ2) is 8.02. The van der Waals surface area contributed by atoms with E-state index in [2.05, 4.69) is 5.32 Å². The highest BCUT2D eigenvalue weighted by atomic mass is 35.5. The van der Waals surface area contributed by atoms with Crippen LogP contribution in [0.4, 0.5) is 4.79 Å². The van der Waals surface area contributed by atoms with Crippen molar-refractivity contribution in [2.75, 3.05) is 6.54 Å². The molecule has 1 rings (SSSR count). The minimum absolute atomic E-state index is 0.157. The maximum Gasteiger partial charge on any atom is 0.407 e. The van der Waals surface area contributed by atoms with Crippen LogP contribution in [0.5, 0.6) is 0 Å². The molecule has 0 aromatic heterocycles. The zero-order valence-corrected chi connectivity index (χ0v) is 14.3. The number of carbonyl (C=O) groups excluding carboxylic acids is 1. The van der Waals surface area contributed by atoms with Gasteiger partial charge in [0, 0.05) is 16.6 Å². The first-order valence-corrected chi connectivity index (χ1v) is 7.63. The molecule has 0 heterocycles. The van der Waals surface area contributed by atoms with Gasteiger partial charge in [-0.05, 0) is 51.0 Å². The van der Waals surface area contributed by atoms with Crippen LogP contribution >= 0.6 is 23.2 Å². The van der Waals surface area contributed by atoms with Gasteiger partial charge in [-0.15, -0.1) is 0 Å². The molecule has 3 N–H and O–H groups in total. The molecule has 0 radical (unpaired) electrons. The summed E-state index contributed by atoms with van der Waals surface area (Å²) in [5, 5.41) is 23.3.